The van der Waals surface area contributed by atoms with Crippen LogP contribution in [0, 0.1) is 0 Å². The summed E-state index contributed by atoms with van der Waals surface area (Å²) in [5, 5.41) is 3.36. The molecule has 2 aromatic carbocycles. The predicted octanol–water partition coefficient (Wildman–Crippen LogP) is 3.25. The van der Waals surface area contributed by atoms with Crippen molar-refractivity contribution in [2.75, 3.05) is 23.8 Å². The average Bonchev–Trinajstić information content (AvgIpc) is 2.91. The molecule has 0 aromatic heterocycles. The van der Waals surface area contributed by atoms with E-state index in [0.717, 1.165) is 17.9 Å². The third-order valence-corrected chi connectivity index (χ3v) is 3.88. The SMILES string of the molecule is CN(C(=O)CC1CNc2ccccc21)c1ccccc1. The summed E-state index contributed by atoms with van der Waals surface area (Å²) in [5.41, 5.74) is 3.35. The van der Waals surface area contributed by atoms with Gasteiger partial charge in [0.1, 0.15) is 0 Å². The number of fused-ring (bicyclic) bond motifs is 1. The number of para-hydroxylation sites is 2. The number of amides is 1. The van der Waals surface area contributed by atoms with Crippen LogP contribution in [0.1, 0.15) is 17.9 Å². The summed E-state index contributed by atoms with van der Waals surface area (Å²) in [4.78, 5) is 14.1. The molecule has 0 bridgehead atoms. The van der Waals surface area contributed by atoms with Crippen LogP contribution in [0.5, 0.6) is 0 Å². The predicted molar refractivity (Wildman–Crippen MR) is 82.1 cm³/mol. The highest BCUT2D eigenvalue weighted by molar-refractivity contribution is 5.93. The first-order valence-electron chi connectivity index (χ1n) is 6.90. The number of nitrogens with one attached hydrogen (secondary N) is 1. The van der Waals surface area contributed by atoms with Crippen molar-refractivity contribution >= 4 is 17.3 Å². The van der Waals surface area contributed by atoms with Gasteiger partial charge in [-0.1, -0.05) is 36.4 Å². The second-order valence-electron chi connectivity index (χ2n) is 5.16. The van der Waals surface area contributed by atoms with Gasteiger partial charge in [0.2, 0.25) is 5.91 Å². The molecular weight excluding hydrogens is 248 g/mol. The Morgan fingerprint density at radius 1 is 1.15 bits per heavy atom. The number of rotatable bonds is 3. The smallest absolute Gasteiger partial charge is 0.227 e. The van der Waals surface area contributed by atoms with Gasteiger partial charge in [0.05, 0.1) is 0 Å². The van der Waals surface area contributed by atoms with Crippen LogP contribution in [0.4, 0.5) is 11.4 Å². The Morgan fingerprint density at radius 3 is 2.65 bits per heavy atom. The number of benzene rings is 2. The topological polar surface area (TPSA) is 32.3 Å². The minimum Gasteiger partial charge on any atom is -0.384 e. The molecule has 1 heterocycles. The minimum atomic E-state index is 0.153. The Bertz CT molecular complexity index is 609. The average molecular weight is 266 g/mol. The van der Waals surface area contributed by atoms with Crippen molar-refractivity contribution in [3.8, 4) is 0 Å². The minimum absolute atomic E-state index is 0.153. The van der Waals surface area contributed by atoms with E-state index in [1.807, 2.05) is 49.5 Å². The second-order valence-corrected chi connectivity index (χ2v) is 5.16. The molecule has 3 nitrogen and oxygen atoms in total. The molecule has 0 fully saturated rings. The van der Waals surface area contributed by atoms with Crippen LogP contribution in [0.15, 0.2) is 54.6 Å². The summed E-state index contributed by atoms with van der Waals surface area (Å²) in [6, 6.07) is 18.0. The molecule has 0 radical (unpaired) electrons. The van der Waals surface area contributed by atoms with Crippen molar-refractivity contribution in [2.45, 2.75) is 12.3 Å². The van der Waals surface area contributed by atoms with E-state index >= 15 is 0 Å². The molecule has 0 saturated carbocycles. The lowest BCUT2D eigenvalue weighted by Crippen LogP contribution is -2.28. The molecule has 1 unspecified atom stereocenters. The number of anilines is 2. The molecule has 2 aromatic rings. The maximum Gasteiger partial charge on any atom is 0.227 e. The normalized spacial score (nSPS) is 16.4. The van der Waals surface area contributed by atoms with Crippen LogP contribution >= 0.6 is 0 Å². The van der Waals surface area contributed by atoms with Crippen LogP contribution in [0.25, 0.3) is 0 Å². The molecule has 20 heavy (non-hydrogen) atoms. The van der Waals surface area contributed by atoms with Crippen molar-refractivity contribution in [2.24, 2.45) is 0 Å². The largest absolute Gasteiger partial charge is 0.384 e. The van der Waals surface area contributed by atoms with Gasteiger partial charge in [-0.05, 0) is 23.8 Å². The molecule has 1 N–H and O–H groups in total. The van der Waals surface area contributed by atoms with E-state index < -0.39 is 0 Å². The number of hydrogen-bond donors (Lipinski definition) is 1. The van der Waals surface area contributed by atoms with Crippen molar-refractivity contribution in [1.82, 2.24) is 0 Å². The lowest BCUT2D eigenvalue weighted by Gasteiger charge is -2.19. The summed E-state index contributed by atoms with van der Waals surface area (Å²) < 4.78 is 0. The molecule has 0 aliphatic carbocycles. The van der Waals surface area contributed by atoms with Crippen molar-refractivity contribution in [3.05, 3.63) is 60.2 Å². The fourth-order valence-corrected chi connectivity index (χ4v) is 2.68. The number of carbonyl (C=O) groups is 1. The monoisotopic (exact) mass is 266 g/mol. The quantitative estimate of drug-likeness (QED) is 0.925. The summed E-state index contributed by atoms with van der Waals surface area (Å²) in [6.45, 7) is 0.841. The first kappa shape index (κ1) is 12.7. The second kappa shape index (κ2) is 5.37. The maximum absolute atomic E-state index is 12.4. The Kier molecular flexibility index (Phi) is 3.42. The number of carbonyl (C=O) groups excluding carboxylic acids is 1. The van der Waals surface area contributed by atoms with E-state index in [-0.39, 0.29) is 11.8 Å². The zero-order valence-electron chi connectivity index (χ0n) is 11.5. The molecule has 1 atom stereocenters. The molecule has 0 spiro atoms. The molecule has 1 aliphatic rings. The van der Waals surface area contributed by atoms with Gasteiger partial charge in [-0.2, -0.15) is 0 Å². The van der Waals surface area contributed by atoms with Gasteiger partial charge in [0, 0.05) is 37.3 Å². The third kappa shape index (κ3) is 2.39. The molecule has 1 amide bonds. The zero-order chi connectivity index (χ0) is 13.9. The fraction of sp³-hybridized carbons (Fsp3) is 0.235. The van der Waals surface area contributed by atoms with E-state index in [9.17, 15) is 4.79 Å². The molecule has 3 rings (SSSR count). The highest BCUT2D eigenvalue weighted by Crippen LogP contribution is 2.33. The van der Waals surface area contributed by atoms with Crippen LogP contribution in [0.2, 0.25) is 0 Å². The van der Waals surface area contributed by atoms with Crippen LogP contribution < -0.4 is 10.2 Å². The van der Waals surface area contributed by atoms with E-state index in [1.165, 1.54) is 5.56 Å². The standard InChI is InChI=1S/C17H18N2O/c1-19(14-7-3-2-4-8-14)17(20)11-13-12-18-16-10-6-5-9-15(13)16/h2-10,13,18H,11-12H2,1H3. The molecule has 1 aliphatic heterocycles. The van der Waals surface area contributed by atoms with E-state index in [1.54, 1.807) is 4.90 Å². The van der Waals surface area contributed by atoms with Crippen molar-refractivity contribution < 1.29 is 4.79 Å². The van der Waals surface area contributed by atoms with Crippen LogP contribution in [0.3, 0.4) is 0 Å². The maximum atomic E-state index is 12.4. The number of nitrogens with zero attached hydrogens (tertiary/aromatic N) is 1. The highest BCUT2D eigenvalue weighted by Gasteiger charge is 2.25. The van der Waals surface area contributed by atoms with Gasteiger partial charge in [-0.3, -0.25) is 4.79 Å². The van der Waals surface area contributed by atoms with Crippen molar-refractivity contribution in [1.29, 1.82) is 0 Å². The third-order valence-electron chi connectivity index (χ3n) is 3.88. The molecule has 0 saturated heterocycles. The first-order valence-corrected chi connectivity index (χ1v) is 6.90. The summed E-state index contributed by atoms with van der Waals surface area (Å²) in [6.07, 6.45) is 0.537. The van der Waals surface area contributed by atoms with Gasteiger partial charge in [0.15, 0.2) is 0 Å². The van der Waals surface area contributed by atoms with Gasteiger partial charge < -0.3 is 10.2 Å². The van der Waals surface area contributed by atoms with Gasteiger partial charge in [0.25, 0.3) is 0 Å². The Labute approximate surface area is 119 Å². The fourth-order valence-electron chi connectivity index (χ4n) is 2.68. The molecule has 102 valence electrons. The first-order chi connectivity index (χ1) is 9.75. The van der Waals surface area contributed by atoms with Gasteiger partial charge >= 0.3 is 0 Å². The summed E-state index contributed by atoms with van der Waals surface area (Å²) in [7, 11) is 1.84. The Morgan fingerprint density at radius 2 is 1.85 bits per heavy atom. The van der Waals surface area contributed by atoms with Crippen molar-refractivity contribution in [3.63, 3.8) is 0 Å². The summed E-state index contributed by atoms with van der Waals surface area (Å²) in [5.74, 6) is 0.421. The van der Waals surface area contributed by atoms with E-state index in [2.05, 4.69) is 17.4 Å². The Hall–Kier alpha value is -2.29. The number of hydrogen-bond acceptors (Lipinski definition) is 2. The lowest BCUT2D eigenvalue weighted by atomic mass is 9.97. The summed E-state index contributed by atoms with van der Waals surface area (Å²) >= 11 is 0. The highest BCUT2D eigenvalue weighted by atomic mass is 16.2. The van der Waals surface area contributed by atoms with E-state index in [0.29, 0.717) is 6.42 Å². The van der Waals surface area contributed by atoms with Gasteiger partial charge in [-0.15, -0.1) is 0 Å². The Balaban J connectivity index is 1.72. The molecular formula is C17H18N2O. The lowest BCUT2D eigenvalue weighted by molar-refractivity contribution is -0.118. The van der Waals surface area contributed by atoms with E-state index in [4.69, 9.17) is 0 Å². The van der Waals surface area contributed by atoms with Crippen LogP contribution in [-0.4, -0.2) is 19.5 Å². The zero-order valence-corrected chi connectivity index (χ0v) is 11.5. The molecule has 3 heteroatoms. The van der Waals surface area contributed by atoms with Gasteiger partial charge in [-0.25, -0.2) is 0 Å². The van der Waals surface area contributed by atoms with Crippen LogP contribution in [-0.2, 0) is 4.79 Å².